The average molecular weight is 308 g/mol. The minimum atomic E-state index is -0.220. The van der Waals surface area contributed by atoms with Crippen LogP contribution in [0.3, 0.4) is 0 Å². The molecule has 0 unspecified atom stereocenters. The Balaban J connectivity index is 2.19. The monoisotopic (exact) mass is 308 g/mol. The van der Waals surface area contributed by atoms with Crippen molar-refractivity contribution in [3.05, 3.63) is 28.2 Å². The minimum absolute atomic E-state index is 0.121. The summed E-state index contributed by atoms with van der Waals surface area (Å²) in [6.07, 6.45) is 1.68. The highest BCUT2D eigenvalue weighted by Crippen LogP contribution is 2.16. The molecule has 0 aromatic carbocycles. The fourth-order valence-corrected chi connectivity index (χ4v) is 2.52. The predicted octanol–water partition coefficient (Wildman–Crippen LogP) is -0.0369. The molecule has 0 atom stereocenters. The predicted molar refractivity (Wildman–Crippen MR) is 82.9 cm³/mol. The van der Waals surface area contributed by atoms with E-state index in [0.29, 0.717) is 25.5 Å². The molecule has 0 radical (unpaired) electrons. The van der Waals surface area contributed by atoms with Gasteiger partial charge in [0.25, 0.3) is 11.5 Å². The summed E-state index contributed by atoms with van der Waals surface area (Å²) < 4.78 is 6.58. The largest absolute Gasteiger partial charge is 0.381 e. The van der Waals surface area contributed by atoms with Gasteiger partial charge in [-0.15, -0.1) is 0 Å². The first kappa shape index (κ1) is 16.6. The summed E-state index contributed by atoms with van der Waals surface area (Å²) in [7, 11) is 5.52. The second kappa shape index (κ2) is 7.51. The summed E-state index contributed by atoms with van der Waals surface area (Å²) in [4.78, 5) is 28.2. The van der Waals surface area contributed by atoms with Gasteiger partial charge in [-0.25, -0.2) is 4.68 Å². The van der Waals surface area contributed by atoms with Gasteiger partial charge in [0.15, 0.2) is 0 Å². The van der Waals surface area contributed by atoms with E-state index in [1.165, 1.54) is 16.8 Å². The number of aryl methyl sites for hydroxylation is 1. The van der Waals surface area contributed by atoms with Gasteiger partial charge in [0, 0.05) is 45.5 Å². The van der Waals surface area contributed by atoms with Crippen LogP contribution in [0.2, 0.25) is 0 Å². The number of ether oxygens (including phenoxy) is 1. The molecule has 0 bridgehead atoms. The molecule has 7 heteroatoms. The zero-order valence-electron chi connectivity index (χ0n) is 13.5. The number of rotatable bonds is 5. The lowest BCUT2D eigenvalue weighted by Crippen LogP contribution is -2.46. The summed E-state index contributed by atoms with van der Waals surface area (Å²) >= 11 is 0. The molecular formula is C15H24N4O3. The van der Waals surface area contributed by atoms with Crippen LogP contribution in [0.25, 0.3) is 0 Å². The smallest absolute Gasteiger partial charge is 0.274 e. The molecule has 0 spiro atoms. The Morgan fingerprint density at radius 3 is 2.59 bits per heavy atom. The maximum absolute atomic E-state index is 12.8. The number of aromatic nitrogens is 2. The number of likely N-dealkylation sites (N-methyl/N-ethyl adjacent to an activating group) is 1. The Morgan fingerprint density at radius 1 is 1.32 bits per heavy atom. The van der Waals surface area contributed by atoms with E-state index in [1.54, 1.807) is 7.05 Å². The van der Waals surface area contributed by atoms with Crippen molar-refractivity contribution in [2.45, 2.75) is 18.9 Å². The van der Waals surface area contributed by atoms with Crippen LogP contribution >= 0.6 is 0 Å². The van der Waals surface area contributed by atoms with Gasteiger partial charge in [0.05, 0.1) is 0 Å². The highest BCUT2D eigenvalue weighted by molar-refractivity contribution is 5.92. The summed E-state index contributed by atoms with van der Waals surface area (Å²) in [5, 5.41) is 4.08. The highest BCUT2D eigenvalue weighted by atomic mass is 16.5. The lowest BCUT2D eigenvalue weighted by atomic mass is 10.1. The molecule has 0 N–H and O–H groups in total. The van der Waals surface area contributed by atoms with Gasteiger partial charge in [-0.05, 0) is 33.0 Å². The number of hydrogen-bond acceptors (Lipinski definition) is 5. The van der Waals surface area contributed by atoms with Crippen molar-refractivity contribution in [1.82, 2.24) is 19.6 Å². The molecule has 1 aliphatic rings. The molecule has 2 heterocycles. The summed E-state index contributed by atoms with van der Waals surface area (Å²) in [6, 6.07) is 3.06. The Morgan fingerprint density at radius 2 is 2.00 bits per heavy atom. The second-order valence-electron chi connectivity index (χ2n) is 5.83. The van der Waals surface area contributed by atoms with Crippen LogP contribution in [-0.2, 0) is 11.8 Å². The van der Waals surface area contributed by atoms with Crippen molar-refractivity contribution >= 4 is 5.91 Å². The van der Waals surface area contributed by atoms with Crippen LogP contribution in [0, 0.1) is 0 Å². The maximum atomic E-state index is 12.8. The molecule has 1 aromatic rings. The Labute approximate surface area is 130 Å². The van der Waals surface area contributed by atoms with Crippen LogP contribution in [0.1, 0.15) is 23.3 Å². The fraction of sp³-hybridized carbons (Fsp3) is 0.667. The third-order valence-electron chi connectivity index (χ3n) is 3.86. The zero-order valence-corrected chi connectivity index (χ0v) is 13.5. The molecular weight excluding hydrogens is 284 g/mol. The molecule has 122 valence electrons. The summed E-state index contributed by atoms with van der Waals surface area (Å²) in [5.41, 5.74) is 0.0924. The van der Waals surface area contributed by atoms with Gasteiger partial charge >= 0.3 is 0 Å². The minimum Gasteiger partial charge on any atom is -0.381 e. The van der Waals surface area contributed by atoms with Crippen molar-refractivity contribution in [2.24, 2.45) is 7.05 Å². The van der Waals surface area contributed by atoms with Crippen LogP contribution < -0.4 is 5.56 Å². The molecule has 0 aliphatic carbocycles. The number of nitrogens with zero attached hydrogens (tertiary/aromatic N) is 4. The fourth-order valence-electron chi connectivity index (χ4n) is 2.52. The topological polar surface area (TPSA) is 67.7 Å². The van der Waals surface area contributed by atoms with Gasteiger partial charge in [0.1, 0.15) is 5.69 Å². The second-order valence-corrected chi connectivity index (χ2v) is 5.83. The summed E-state index contributed by atoms with van der Waals surface area (Å²) in [6.45, 7) is 2.78. The van der Waals surface area contributed by atoms with Gasteiger partial charge in [-0.2, -0.15) is 5.10 Å². The molecule has 1 aromatic heterocycles. The third-order valence-corrected chi connectivity index (χ3v) is 3.86. The van der Waals surface area contributed by atoms with Crippen LogP contribution in [0.4, 0.5) is 0 Å². The number of amides is 1. The first-order chi connectivity index (χ1) is 10.5. The van der Waals surface area contributed by atoms with Crippen molar-refractivity contribution < 1.29 is 9.53 Å². The normalized spacial score (nSPS) is 16.0. The van der Waals surface area contributed by atoms with Crippen LogP contribution in [0.15, 0.2) is 16.9 Å². The average Bonchev–Trinajstić information content (AvgIpc) is 2.51. The number of carbonyl (C=O) groups is 1. The SMILES string of the molecule is CN(C)CCN(C(=O)c1ccc(=O)n(C)n1)C1CCOCC1. The quantitative estimate of drug-likeness (QED) is 0.764. The van der Waals surface area contributed by atoms with Crippen molar-refractivity contribution in [1.29, 1.82) is 0 Å². The first-order valence-electron chi connectivity index (χ1n) is 7.57. The lowest BCUT2D eigenvalue weighted by Gasteiger charge is -2.34. The molecule has 1 aliphatic heterocycles. The van der Waals surface area contributed by atoms with E-state index < -0.39 is 0 Å². The van der Waals surface area contributed by atoms with E-state index in [9.17, 15) is 9.59 Å². The molecule has 1 fully saturated rings. The van der Waals surface area contributed by atoms with Gasteiger partial charge in [-0.1, -0.05) is 0 Å². The highest BCUT2D eigenvalue weighted by Gasteiger charge is 2.27. The van der Waals surface area contributed by atoms with Crippen molar-refractivity contribution in [2.75, 3.05) is 40.4 Å². The van der Waals surface area contributed by atoms with Crippen LogP contribution in [-0.4, -0.2) is 71.9 Å². The van der Waals surface area contributed by atoms with Gasteiger partial charge in [0.2, 0.25) is 0 Å². The third kappa shape index (κ3) is 4.14. The van der Waals surface area contributed by atoms with E-state index in [0.717, 1.165) is 19.4 Å². The molecule has 22 heavy (non-hydrogen) atoms. The van der Waals surface area contributed by atoms with E-state index in [2.05, 4.69) is 5.10 Å². The van der Waals surface area contributed by atoms with Gasteiger partial charge in [-0.3, -0.25) is 9.59 Å². The Hall–Kier alpha value is -1.73. The van der Waals surface area contributed by atoms with E-state index in [4.69, 9.17) is 4.74 Å². The molecule has 0 saturated carbocycles. The molecule has 1 amide bonds. The number of hydrogen-bond donors (Lipinski definition) is 0. The van der Waals surface area contributed by atoms with Crippen molar-refractivity contribution in [3.8, 4) is 0 Å². The standard InChI is InChI=1S/C15H24N4O3/c1-17(2)8-9-19(12-6-10-22-11-7-12)15(21)13-4-5-14(20)18(3)16-13/h4-5,12H,6-11H2,1-3H3. The lowest BCUT2D eigenvalue weighted by molar-refractivity contribution is 0.0271. The molecule has 7 nitrogen and oxygen atoms in total. The first-order valence-corrected chi connectivity index (χ1v) is 7.57. The Bertz CT molecular complexity index is 564. The van der Waals surface area contributed by atoms with E-state index in [-0.39, 0.29) is 17.5 Å². The molecule has 2 rings (SSSR count). The Kier molecular flexibility index (Phi) is 5.68. The van der Waals surface area contributed by atoms with Crippen LogP contribution in [0.5, 0.6) is 0 Å². The van der Waals surface area contributed by atoms with E-state index in [1.807, 2.05) is 23.9 Å². The van der Waals surface area contributed by atoms with Crippen molar-refractivity contribution in [3.63, 3.8) is 0 Å². The number of carbonyl (C=O) groups excluding carboxylic acids is 1. The zero-order chi connectivity index (χ0) is 16.1. The molecule has 1 saturated heterocycles. The van der Waals surface area contributed by atoms with E-state index >= 15 is 0 Å². The maximum Gasteiger partial charge on any atom is 0.274 e. The summed E-state index contributed by atoms with van der Waals surface area (Å²) in [5.74, 6) is -0.121. The van der Waals surface area contributed by atoms with Gasteiger partial charge < -0.3 is 14.5 Å².